The number of nitrogens with zero attached hydrogens (tertiary/aromatic N) is 6. The van der Waals surface area contributed by atoms with Crippen LogP contribution in [0.4, 0.5) is 5.82 Å². The largest absolute Gasteiger partial charge is 0.456 e. The zero-order chi connectivity index (χ0) is 39.2. The molecule has 0 aromatic carbocycles. The van der Waals surface area contributed by atoms with Crippen LogP contribution in [0.15, 0.2) is 18.5 Å². The van der Waals surface area contributed by atoms with E-state index in [9.17, 15) is 24.0 Å². The minimum absolute atomic E-state index is 0.0425. The van der Waals surface area contributed by atoms with Gasteiger partial charge in [0.05, 0.1) is 40.1 Å². The van der Waals surface area contributed by atoms with Crippen molar-refractivity contribution in [2.45, 2.75) is 44.4 Å². The number of fused-ring (bicyclic) bond motifs is 2. The van der Waals surface area contributed by atoms with Gasteiger partial charge in [0.1, 0.15) is 13.1 Å². The van der Waals surface area contributed by atoms with Gasteiger partial charge in [-0.15, -0.1) is 11.3 Å². The summed E-state index contributed by atoms with van der Waals surface area (Å²) in [6.07, 6.45) is 0.646. The van der Waals surface area contributed by atoms with Gasteiger partial charge in [-0.25, -0.2) is 15.0 Å². The molecule has 3 heterocycles. The second-order valence-corrected chi connectivity index (χ2v) is 15.4. The number of imidazole rings is 1. The first-order valence-electron chi connectivity index (χ1n) is 17.5. The summed E-state index contributed by atoms with van der Waals surface area (Å²) in [7, 11) is 8.34. The van der Waals surface area contributed by atoms with Crippen LogP contribution in [0.1, 0.15) is 42.9 Å². The highest BCUT2D eigenvalue weighted by Crippen LogP contribution is 2.64. The van der Waals surface area contributed by atoms with E-state index in [2.05, 4.69) is 43.1 Å². The molecule has 5 atom stereocenters. The van der Waals surface area contributed by atoms with Crippen LogP contribution in [0.2, 0.25) is 4.34 Å². The third-order valence-electron chi connectivity index (χ3n) is 9.20. The Morgan fingerprint density at radius 1 is 1.00 bits per heavy atom. The Morgan fingerprint density at radius 3 is 2.22 bits per heavy atom. The van der Waals surface area contributed by atoms with Crippen LogP contribution in [0.5, 0.6) is 0 Å². The first kappa shape index (κ1) is 40.4. The predicted octanol–water partition coefficient (Wildman–Crippen LogP) is 0.639. The van der Waals surface area contributed by atoms with Gasteiger partial charge in [-0.1, -0.05) is 18.5 Å². The van der Waals surface area contributed by atoms with Gasteiger partial charge in [-0.05, 0) is 71.4 Å². The third kappa shape index (κ3) is 8.92. The van der Waals surface area contributed by atoms with Crippen molar-refractivity contribution in [2.75, 3.05) is 73.3 Å². The maximum Gasteiger partial charge on any atom is 0.325 e. The maximum atomic E-state index is 13.9. The second-order valence-electron chi connectivity index (χ2n) is 13.6. The Morgan fingerprint density at radius 2 is 1.67 bits per heavy atom. The van der Waals surface area contributed by atoms with Crippen molar-refractivity contribution in [1.29, 1.82) is 0 Å². The first-order valence-corrected chi connectivity index (χ1v) is 18.7. The molecule has 0 aliphatic heterocycles. The SMILES string of the molecule is CCCNc1nc(C#Cc2ccc(Cl)s2)nc2c1ncn2[C@H]1[C@H](OC(=O)CNC(=O)CN(C)C)[C@H](OC(=O)CNC(=O)CN(C)C)[C@]2(C(=O)NC)CC[C@H]12. The number of anilines is 1. The number of hydrogen-bond acceptors (Lipinski definition) is 14. The molecule has 0 radical (unpaired) electrons. The zero-order valence-electron chi connectivity index (χ0n) is 31.0. The van der Waals surface area contributed by atoms with Crippen LogP contribution in [0, 0.1) is 23.2 Å². The lowest BCUT2D eigenvalue weighted by molar-refractivity contribution is -0.180. The van der Waals surface area contributed by atoms with Gasteiger partial charge in [0, 0.05) is 19.5 Å². The van der Waals surface area contributed by atoms with Crippen LogP contribution in [-0.4, -0.2) is 139 Å². The number of rotatable bonds is 15. The highest BCUT2D eigenvalue weighted by molar-refractivity contribution is 7.16. The van der Waals surface area contributed by atoms with Crippen LogP contribution in [0.25, 0.3) is 11.2 Å². The van der Waals surface area contributed by atoms with Crippen molar-refractivity contribution in [2.24, 2.45) is 11.3 Å². The molecule has 5 rings (SSSR count). The number of likely N-dealkylation sites (N-methyl/N-ethyl adjacent to an activating group) is 2. The summed E-state index contributed by atoms with van der Waals surface area (Å²) in [6.45, 7) is 1.73. The second kappa shape index (κ2) is 17.5. The quantitative estimate of drug-likeness (QED) is 0.124. The minimum atomic E-state index is -1.31. The fourth-order valence-electron chi connectivity index (χ4n) is 6.91. The molecule has 2 fully saturated rings. The van der Waals surface area contributed by atoms with Crippen LogP contribution in [-0.2, 0) is 33.4 Å². The lowest BCUT2D eigenvalue weighted by Crippen LogP contribution is -2.57. The summed E-state index contributed by atoms with van der Waals surface area (Å²) in [4.78, 5) is 83.6. The Kier molecular flexibility index (Phi) is 13.1. The Bertz CT molecular complexity index is 1960. The first-order chi connectivity index (χ1) is 25.8. The summed E-state index contributed by atoms with van der Waals surface area (Å²) in [5.41, 5.74) is -0.540. The van der Waals surface area contributed by atoms with E-state index in [1.807, 2.05) is 6.92 Å². The average molecular weight is 785 g/mol. The van der Waals surface area contributed by atoms with Crippen molar-refractivity contribution in [3.05, 3.63) is 33.5 Å². The number of thiophene rings is 1. The number of carbonyl (C=O) groups excluding carboxylic acids is 5. The number of carbonyl (C=O) groups is 5. The van der Waals surface area contributed by atoms with Crippen LogP contribution < -0.4 is 21.3 Å². The molecule has 2 aliphatic rings. The molecule has 2 saturated carbocycles. The number of ether oxygens (including phenoxy) is 2. The molecule has 2 aliphatic carbocycles. The van der Waals surface area contributed by atoms with Crippen molar-refractivity contribution in [3.63, 3.8) is 0 Å². The lowest BCUT2D eigenvalue weighted by Gasteiger charge is -2.46. The van der Waals surface area contributed by atoms with Crippen molar-refractivity contribution >= 4 is 69.6 Å². The number of amides is 3. The van der Waals surface area contributed by atoms with E-state index in [1.165, 1.54) is 24.7 Å². The van der Waals surface area contributed by atoms with E-state index in [0.29, 0.717) is 45.6 Å². The van der Waals surface area contributed by atoms with E-state index >= 15 is 0 Å². The normalized spacial score (nSPS) is 21.4. The monoisotopic (exact) mass is 784 g/mol. The number of halogens is 1. The molecule has 4 N–H and O–H groups in total. The predicted molar refractivity (Wildman–Crippen MR) is 201 cm³/mol. The topological polar surface area (TPSA) is 202 Å². The lowest BCUT2D eigenvalue weighted by atomic mass is 9.59. The van der Waals surface area contributed by atoms with Crippen molar-refractivity contribution in [3.8, 4) is 11.8 Å². The molecular weight excluding hydrogens is 740 g/mol. The van der Waals surface area contributed by atoms with Crippen LogP contribution in [0.3, 0.4) is 0 Å². The fourth-order valence-corrected chi connectivity index (χ4v) is 7.81. The molecular formula is C35H45ClN10O7S. The molecule has 0 saturated heterocycles. The van der Waals surface area contributed by atoms with E-state index in [1.54, 1.807) is 54.7 Å². The molecule has 54 heavy (non-hydrogen) atoms. The average Bonchev–Trinajstić information content (AvgIpc) is 3.77. The molecule has 290 valence electrons. The third-order valence-corrected chi connectivity index (χ3v) is 10.3. The summed E-state index contributed by atoms with van der Waals surface area (Å²) < 4.78 is 14.5. The number of hydrogen-bond donors (Lipinski definition) is 4. The standard InChI is InChI=1S/C35H45ClN10O7S/c1-7-14-38-32-28-33(43-23(42-32)11-9-20-8-10-22(36)54-20)46(19-41-28)29-21-12-13-35(21,34(51)37-2)31(53-27(50)16-40-25(48)18-45(5)6)30(29)52-26(49)15-39-24(47)17-44(3)4/h8,10,19,21,29-31H,7,12-18H2,1-6H3,(H,37,51)(H,39,47)(H,40,48)(H,38,42,43)/t21-,29-,30+,31+,35+/m1/s1. The highest BCUT2D eigenvalue weighted by atomic mass is 35.5. The van der Waals surface area contributed by atoms with Gasteiger partial charge < -0.3 is 45.1 Å². The summed E-state index contributed by atoms with van der Waals surface area (Å²) in [5, 5.41) is 11.1. The molecule has 19 heteroatoms. The van der Waals surface area contributed by atoms with E-state index in [-0.39, 0.29) is 18.9 Å². The van der Waals surface area contributed by atoms with E-state index in [0.717, 1.165) is 6.42 Å². The summed E-state index contributed by atoms with van der Waals surface area (Å²) >= 11 is 7.43. The summed E-state index contributed by atoms with van der Waals surface area (Å²) in [6, 6.07) is 2.73. The van der Waals surface area contributed by atoms with Gasteiger partial charge in [-0.2, -0.15) is 0 Å². The molecule has 17 nitrogen and oxygen atoms in total. The van der Waals surface area contributed by atoms with Crippen molar-refractivity contribution < 1.29 is 33.4 Å². The number of aromatic nitrogens is 4. The Balaban J connectivity index is 1.58. The van der Waals surface area contributed by atoms with Gasteiger partial charge in [0.25, 0.3) is 0 Å². The molecule has 0 bridgehead atoms. The maximum absolute atomic E-state index is 13.9. The zero-order valence-corrected chi connectivity index (χ0v) is 32.6. The fraction of sp³-hybridized carbons (Fsp3) is 0.543. The number of nitrogens with one attached hydrogen (secondary N) is 4. The Labute approximate surface area is 321 Å². The Hall–Kier alpha value is -4.83. The molecule has 3 amide bonds. The minimum Gasteiger partial charge on any atom is -0.456 e. The molecule has 3 aromatic rings. The van der Waals surface area contributed by atoms with Crippen molar-refractivity contribution in [1.82, 2.24) is 45.3 Å². The molecule has 0 unspecified atom stereocenters. The van der Waals surface area contributed by atoms with Gasteiger partial charge >= 0.3 is 11.9 Å². The molecule has 3 aromatic heterocycles. The van der Waals surface area contributed by atoms with Gasteiger partial charge in [-0.3, -0.25) is 24.0 Å². The van der Waals surface area contributed by atoms with E-state index < -0.39 is 72.3 Å². The molecule has 0 spiro atoms. The van der Waals surface area contributed by atoms with E-state index in [4.69, 9.17) is 26.1 Å². The van der Waals surface area contributed by atoms with Crippen LogP contribution >= 0.6 is 22.9 Å². The highest BCUT2D eigenvalue weighted by Gasteiger charge is 2.72. The summed E-state index contributed by atoms with van der Waals surface area (Å²) in [5.74, 6) is 3.33. The number of esters is 2. The smallest absolute Gasteiger partial charge is 0.325 e. The van der Waals surface area contributed by atoms with Gasteiger partial charge in [0.2, 0.25) is 23.5 Å². The van der Waals surface area contributed by atoms with Gasteiger partial charge in [0.15, 0.2) is 29.2 Å².